The molecule has 3 nitrogen and oxygen atoms in total. The van der Waals surface area contributed by atoms with E-state index in [-0.39, 0.29) is 24.1 Å². The van der Waals surface area contributed by atoms with Crippen LogP contribution in [0.2, 0.25) is 0 Å². The van der Waals surface area contributed by atoms with Gasteiger partial charge >= 0.3 is 0 Å². The van der Waals surface area contributed by atoms with Crippen molar-refractivity contribution in [2.24, 2.45) is 0 Å². The average molecular weight is 369 g/mol. The first-order valence-corrected chi connectivity index (χ1v) is 9.71. The predicted octanol–water partition coefficient (Wildman–Crippen LogP) is 6.05. The topological polar surface area (TPSA) is 35.5 Å². The molecule has 0 aliphatic rings. The lowest BCUT2D eigenvalue weighted by Gasteiger charge is -2.19. The second-order valence-corrected chi connectivity index (χ2v) is 8.04. The highest BCUT2D eigenvalue weighted by Crippen LogP contribution is 2.26. The maximum atomic E-state index is 13.0. The molecule has 2 rings (SSSR count). The highest BCUT2D eigenvalue weighted by Gasteiger charge is 2.21. The van der Waals surface area contributed by atoms with E-state index in [4.69, 9.17) is 9.47 Å². The molecule has 0 heterocycles. The van der Waals surface area contributed by atoms with E-state index in [1.807, 2.05) is 64.1 Å². The smallest absolute Gasteiger partial charge is 0.170 e. The molecule has 0 saturated carbocycles. The molecule has 3 heteroatoms. The maximum Gasteiger partial charge on any atom is 0.170 e. The number of ether oxygens (including phenoxy) is 2. The summed E-state index contributed by atoms with van der Waals surface area (Å²) in [6.07, 6.45) is 1.82. The lowest BCUT2D eigenvalue weighted by Crippen LogP contribution is -2.20. The number of benzene rings is 2. The Kier molecular flexibility index (Phi) is 7.76. The molecule has 2 aromatic rings. The van der Waals surface area contributed by atoms with Gasteiger partial charge in [0.25, 0.3) is 0 Å². The summed E-state index contributed by atoms with van der Waals surface area (Å²) in [7, 11) is 0. The fourth-order valence-corrected chi connectivity index (χ4v) is 2.88. The van der Waals surface area contributed by atoms with E-state index in [0.717, 1.165) is 29.5 Å². The lowest BCUT2D eigenvalue weighted by molar-refractivity contribution is -0.125. The van der Waals surface area contributed by atoms with Gasteiger partial charge in [0, 0.05) is 11.5 Å². The summed E-state index contributed by atoms with van der Waals surface area (Å²) >= 11 is 0. The highest BCUT2D eigenvalue weighted by molar-refractivity contribution is 6.01. The zero-order chi connectivity index (χ0) is 19.9. The number of Topliss-reactive ketones (excluding diaryl/α,β-unsaturated/α-hetero) is 1. The molecule has 146 valence electrons. The zero-order valence-electron chi connectivity index (χ0n) is 17.2. The van der Waals surface area contributed by atoms with Gasteiger partial charge in [0.05, 0.1) is 12.2 Å². The Balaban J connectivity index is 2.02. The van der Waals surface area contributed by atoms with Crippen LogP contribution in [0, 0.1) is 6.92 Å². The molecule has 0 radical (unpaired) electrons. The molecule has 1 unspecified atom stereocenters. The number of rotatable bonds is 9. The van der Waals surface area contributed by atoms with Gasteiger partial charge in [-0.2, -0.15) is 0 Å². The van der Waals surface area contributed by atoms with Crippen LogP contribution in [0.15, 0.2) is 48.5 Å². The molecule has 27 heavy (non-hydrogen) atoms. The molecule has 0 saturated heterocycles. The number of hydrogen-bond acceptors (Lipinski definition) is 3. The highest BCUT2D eigenvalue weighted by atomic mass is 16.7. The van der Waals surface area contributed by atoms with E-state index in [0.29, 0.717) is 6.61 Å². The van der Waals surface area contributed by atoms with Gasteiger partial charge in [-0.15, -0.1) is 0 Å². The monoisotopic (exact) mass is 368 g/mol. The predicted molar refractivity (Wildman–Crippen MR) is 110 cm³/mol. The molecule has 0 bridgehead atoms. The number of aryl methyl sites for hydroxylation is 1. The van der Waals surface area contributed by atoms with Crippen LogP contribution in [0.5, 0.6) is 0 Å². The fourth-order valence-electron chi connectivity index (χ4n) is 2.88. The van der Waals surface area contributed by atoms with E-state index < -0.39 is 0 Å². The SMILES string of the molecule is CCCC(C(=O)c1ccc(C)cc1)c1ccc(COCOC(C)(C)C)cc1. The van der Waals surface area contributed by atoms with Gasteiger partial charge in [-0.1, -0.05) is 67.4 Å². The lowest BCUT2D eigenvalue weighted by atomic mass is 9.86. The summed E-state index contributed by atoms with van der Waals surface area (Å²) in [4.78, 5) is 13.0. The summed E-state index contributed by atoms with van der Waals surface area (Å²) in [6.45, 7) is 10.9. The van der Waals surface area contributed by atoms with Gasteiger partial charge in [-0.3, -0.25) is 4.79 Å². The number of carbonyl (C=O) groups excluding carboxylic acids is 1. The molecule has 0 N–H and O–H groups in total. The normalized spacial score (nSPS) is 12.8. The Morgan fingerprint density at radius 3 is 2.19 bits per heavy atom. The van der Waals surface area contributed by atoms with E-state index in [9.17, 15) is 4.79 Å². The summed E-state index contributed by atoms with van der Waals surface area (Å²) in [5.74, 6) is 0.0938. The molecule has 1 atom stereocenters. The maximum absolute atomic E-state index is 13.0. The van der Waals surface area contributed by atoms with Gasteiger partial charge < -0.3 is 9.47 Å². The number of hydrogen-bond donors (Lipinski definition) is 0. The van der Waals surface area contributed by atoms with E-state index in [2.05, 4.69) is 19.1 Å². The Morgan fingerprint density at radius 1 is 1.00 bits per heavy atom. The third-order valence-electron chi connectivity index (χ3n) is 4.46. The van der Waals surface area contributed by atoms with Crippen molar-refractivity contribution in [1.29, 1.82) is 0 Å². The van der Waals surface area contributed by atoms with Gasteiger partial charge in [-0.05, 0) is 45.2 Å². The van der Waals surface area contributed by atoms with E-state index in [1.165, 1.54) is 5.56 Å². The minimum absolute atomic E-state index is 0.100. The van der Waals surface area contributed by atoms with Crippen molar-refractivity contribution in [2.45, 2.75) is 65.6 Å². The second-order valence-electron chi connectivity index (χ2n) is 8.04. The van der Waals surface area contributed by atoms with Crippen molar-refractivity contribution < 1.29 is 14.3 Å². The van der Waals surface area contributed by atoms with Crippen LogP contribution in [-0.4, -0.2) is 18.2 Å². The van der Waals surface area contributed by atoms with Crippen LogP contribution in [-0.2, 0) is 16.1 Å². The Hall–Kier alpha value is -1.97. The summed E-state index contributed by atoms with van der Waals surface area (Å²) < 4.78 is 11.1. The fraction of sp³-hybridized carbons (Fsp3) is 0.458. The van der Waals surface area contributed by atoms with Crippen molar-refractivity contribution in [3.8, 4) is 0 Å². The third-order valence-corrected chi connectivity index (χ3v) is 4.46. The largest absolute Gasteiger partial charge is 0.351 e. The van der Waals surface area contributed by atoms with E-state index >= 15 is 0 Å². The number of carbonyl (C=O) groups is 1. The van der Waals surface area contributed by atoms with Gasteiger partial charge in [0.15, 0.2) is 5.78 Å². The molecule has 0 aliphatic heterocycles. The van der Waals surface area contributed by atoms with Gasteiger partial charge in [0.2, 0.25) is 0 Å². The molecule has 2 aromatic carbocycles. The molecule has 0 spiro atoms. The molecule has 0 aliphatic carbocycles. The van der Waals surface area contributed by atoms with E-state index in [1.54, 1.807) is 0 Å². The van der Waals surface area contributed by atoms with Crippen molar-refractivity contribution >= 4 is 5.78 Å². The van der Waals surface area contributed by atoms with Crippen LogP contribution in [0.4, 0.5) is 0 Å². The number of ketones is 1. The van der Waals surface area contributed by atoms with Gasteiger partial charge in [0.1, 0.15) is 6.79 Å². The minimum Gasteiger partial charge on any atom is -0.351 e. The van der Waals surface area contributed by atoms with Crippen LogP contribution in [0.25, 0.3) is 0 Å². The minimum atomic E-state index is -0.201. The van der Waals surface area contributed by atoms with Crippen LogP contribution >= 0.6 is 0 Å². The van der Waals surface area contributed by atoms with Crippen LogP contribution in [0.3, 0.4) is 0 Å². The molecular formula is C24H32O3. The Bertz CT molecular complexity index is 709. The van der Waals surface area contributed by atoms with Crippen LogP contribution in [0.1, 0.15) is 73.5 Å². The first-order valence-electron chi connectivity index (χ1n) is 9.71. The Morgan fingerprint density at radius 2 is 1.63 bits per heavy atom. The standard InChI is InChI=1S/C24H32O3/c1-6-7-22(23(25)21-12-8-18(2)9-13-21)20-14-10-19(11-15-20)16-26-17-27-24(3,4)5/h8-15,22H,6-7,16-17H2,1-5H3. The zero-order valence-corrected chi connectivity index (χ0v) is 17.2. The first kappa shape index (κ1) is 21.3. The summed E-state index contributed by atoms with van der Waals surface area (Å²) in [5, 5.41) is 0. The molecule has 0 fully saturated rings. The molecule has 0 amide bonds. The summed E-state index contributed by atoms with van der Waals surface area (Å²) in [5.41, 5.74) is 3.89. The summed E-state index contributed by atoms with van der Waals surface area (Å²) in [6, 6.07) is 16.0. The van der Waals surface area contributed by atoms with Crippen molar-refractivity contribution in [1.82, 2.24) is 0 Å². The second kappa shape index (κ2) is 9.82. The third kappa shape index (κ3) is 6.93. The first-order chi connectivity index (χ1) is 12.8. The average Bonchev–Trinajstić information content (AvgIpc) is 2.63. The molecule has 0 aromatic heterocycles. The van der Waals surface area contributed by atoms with Gasteiger partial charge in [-0.25, -0.2) is 0 Å². The quantitative estimate of drug-likeness (QED) is 0.307. The van der Waals surface area contributed by atoms with Crippen LogP contribution < -0.4 is 0 Å². The Labute approximate surface area is 163 Å². The van der Waals surface area contributed by atoms with Crippen molar-refractivity contribution in [2.75, 3.05) is 6.79 Å². The van der Waals surface area contributed by atoms with Crippen molar-refractivity contribution in [3.63, 3.8) is 0 Å². The molecular weight excluding hydrogens is 336 g/mol. The van der Waals surface area contributed by atoms with Crippen molar-refractivity contribution in [3.05, 3.63) is 70.8 Å².